The van der Waals surface area contributed by atoms with E-state index in [1.165, 1.54) is 11.3 Å². The van der Waals surface area contributed by atoms with Gasteiger partial charge in [-0.05, 0) is 56.2 Å². The Balaban J connectivity index is 1.49. The van der Waals surface area contributed by atoms with Crippen LogP contribution in [-0.2, 0) is 11.2 Å². The number of thiazole rings is 1. The summed E-state index contributed by atoms with van der Waals surface area (Å²) in [5.41, 5.74) is 4.12. The number of rotatable bonds is 6. The molecule has 160 valence electrons. The number of carbonyl (C=O) groups excluding carboxylic acids is 2. The molecule has 3 aromatic rings. The number of ether oxygens (including phenoxy) is 2. The van der Waals surface area contributed by atoms with Gasteiger partial charge in [0.1, 0.15) is 0 Å². The number of aromatic nitrogens is 1. The molecular formula is C23H23N3O4S. The molecule has 2 heterocycles. The lowest BCUT2D eigenvalue weighted by Crippen LogP contribution is -2.18. The fourth-order valence-corrected chi connectivity index (χ4v) is 4.05. The van der Waals surface area contributed by atoms with E-state index < -0.39 is 0 Å². The molecule has 0 bridgehead atoms. The van der Waals surface area contributed by atoms with Crippen molar-refractivity contribution < 1.29 is 19.1 Å². The van der Waals surface area contributed by atoms with Crippen LogP contribution in [0, 0.1) is 0 Å². The van der Waals surface area contributed by atoms with Crippen LogP contribution < -0.4 is 20.1 Å². The van der Waals surface area contributed by atoms with Gasteiger partial charge in [0.05, 0.1) is 18.9 Å². The molecule has 0 saturated heterocycles. The van der Waals surface area contributed by atoms with Crippen molar-refractivity contribution in [2.75, 3.05) is 17.7 Å². The summed E-state index contributed by atoms with van der Waals surface area (Å²) in [7, 11) is 1.54. The highest BCUT2D eigenvalue weighted by Crippen LogP contribution is 2.32. The summed E-state index contributed by atoms with van der Waals surface area (Å²) in [6, 6.07) is 10.9. The van der Waals surface area contributed by atoms with Crippen LogP contribution in [0.5, 0.6) is 11.5 Å². The molecule has 2 N–H and O–H groups in total. The van der Waals surface area contributed by atoms with Gasteiger partial charge in [-0.2, -0.15) is 0 Å². The van der Waals surface area contributed by atoms with Gasteiger partial charge in [0.25, 0.3) is 5.91 Å². The molecule has 4 rings (SSSR count). The van der Waals surface area contributed by atoms with Crippen LogP contribution in [0.1, 0.15) is 36.2 Å². The first-order valence-electron chi connectivity index (χ1n) is 9.97. The van der Waals surface area contributed by atoms with Crippen molar-refractivity contribution in [1.82, 2.24) is 4.98 Å². The van der Waals surface area contributed by atoms with Crippen LogP contribution in [0.2, 0.25) is 0 Å². The van der Waals surface area contributed by atoms with Gasteiger partial charge in [0.2, 0.25) is 5.91 Å². The highest BCUT2D eigenvalue weighted by atomic mass is 32.1. The normalized spacial score (nSPS) is 12.8. The summed E-state index contributed by atoms with van der Waals surface area (Å²) in [6.45, 7) is 3.86. The van der Waals surface area contributed by atoms with E-state index in [0.29, 0.717) is 35.0 Å². The van der Waals surface area contributed by atoms with Crippen LogP contribution in [0.25, 0.3) is 11.3 Å². The lowest BCUT2D eigenvalue weighted by molar-refractivity contribution is -0.116. The number of amides is 2. The van der Waals surface area contributed by atoms with Crippen LogP contribution in [0.4, 0.5) is 10.8 Å². The van der Waals surface area contributed by atoms with Crippen LogP contribution in [0.15, 0.2) is 41.8 Å². The van der Waals surface area contributed by atoms with E-state index in [-0.39, 0.29) is 17.9 Å². The lowest BCUT2D eigenvalue weighted by Gasteiger charge is -2.17. The molecule has 2 aromatic carbocycles. The van der Waals surface area contributed by atoms with E-state index >= 15 is 0 Å². The van der Waals surface area contributed by atoms with E-state index in [4.69, 9.17) is 9.47 Å². The fraction of sp³-hybridized carbons (Fsp3) is 0.261. The topological polar surface area (TPSA) is 89.5 Å². The summed E-state index contributed by atoms with van der Waals surface area (Å²) >= 11 is 1.36. The second-order valence-electron chi connectivity index (χ2n) is 7.44. The van der Waals surface area contributed by atoms with E-state index in [0.717, 1.165) is 22.5 Å². The molecule has 1 aliphatic heterocycles. The average Bonchev–Trinajstić information content (AvgIpc) is 3.21. The number of fused-ring (bicyclic) bond motifs is 1. The molecule has 0 aliphatic carbocycles. The number of nitrogens with zero attached hydrogens (tertiary/aromatic N) is 1. The summed E-state index contributed by atoms with van der Waals surface area (Å²) in [6.07, 6.45) is 1.20. The van der Waals surface area contributed by atoms with Gasteiger partial charge in [-0.1, -0.05) is 6.07 Å². The molecule has 7 nitrogen and oxygen atoms in total. The van der Waals surface area contributed by atoms with Crippen molar-refractivity contribution in [1.29, 1.82) is 0 Å². The van der Waals surface area contributed by atoms with Gasteiger partial charge in [0.15, 0.2) is 16.6 Å². The average molecular weight is 438 g/mol. The van der Waals surface area contributed by atoms with Crippen molar-refractivity contribution in [3.05, 3.63) is 52.9 Å². The van der Waals surface area contributed by atoms with E-state index in [9.17, 15) is 9.59 Å². The van der Waals surface area contributed by atoms with Crippen molar-refractivity contribution >= 4 is 34.0 Å². The Morgan fingerprint density at radius 1 is 1.16 bits per heavy atom. The van der Waals surface area contributed by atoms with Crippen LogP contribution in [-0.4, -0.2) is 30.0 Å². The van der Waals surface area contributed by atoms with Crippen molar-refractivity contribution in [2.24, 2.45) is 0 Å². The number of hydrogen-bond donors (Lipinski definition) is 2. The third kappa shape index (κ3) is 4.69. The number of hydrogen-bond acceptors (Lipinski definition) is 6. The van der Waals surface area contributed by atoms with Crippen LogP contribution in [0.3, 0.4) is 0 Å². The molecule has 0 atom stereocenters. The monoisotopic (exact) mass is 437 g/mol. The maximum Gasteiger partial charge on any atom is 0.257 e. The summed E-state index contributed by atoms with van der Waals surface area (Å²) < 4.78 is 11.1. The standard InChI is InChI=1S/C23H23N3O4S/c1-13(2)30-19-8-5-16(11-20(19)29-3)22(28)26-23-25-18(12-31-23)15-4-7-17-14(10-15)6-9-21(27)24-17/h4-5,7-8,10-13H,6,9H2,1-3H3,(H,24,27)(H,25,26,28). The number of carbonyl (C=O) groups is 2. The summed E-state index contributed by atoms with van der Waals surface area (Å²) in [5.74, 6) is 0.860. The summed E-state index contributed by atoms with van der Waals surface area (Å²) in [4.78, 5) is 28.8. The number of benzene rings is 2. The Hall–Kier alpha value is -3.39. The Bertz CT molecular complexity index is 1140. The second kappa shape index (κ2) is 8.77. The molecule has 0 fully saturated rings. The molecule has 2 amide bonds. The minimum absolute atomic E-state index is 0.00202. The van der Waals surface area contributed by atoms with Crippen LogP contribution >= 0.6 is 11.3 Å². The fourth-order valence-electron chi connectivity index (χ4n) is 3.34. The third-order valence-electron chi connectivity index (χ3n) is 4.81. The number of aryl methyl sites for hydroxylation is 1. The highest BCUT2D eigenvalue weighted by molar-refractivity contribution is 7.14. The molecule has 0 unspecified atom stereocenters. The minimum atomic E-state index is -0.275. The third-order valence-corrected chi connectivity index (χ3v) is 5.57. The molecule has 0 saturated carbocycles. The highest BCUT2D eigenvalue weighted by Gasteiger charge is 2.17. The zero-order valence-electron chi connectivity index (χ0n) is 17.5. The summed E-state index contributed by atoms with van der Waals surface area (Å²) in [5, 5.41) is 8.13. The van der Waals surface area contributed by atoms with Gasteiger partial charge >= 0.3 is 0 Å². The Labute approximate surface area is 184 Å². The van der Waals surface area contributed by atoms with E-state index in [1.54, 1.807) is 25.3 Å². The zero-order valence-corrected chi connectivity index (χ0v) is 18.3. The lowest BCUT2D eigenvalue weighted by atomic mass is 9.99. The van der Waals surface area contributed by atoms with Crippen molar-refractivity contribution in [3.63, 3.8) is 0 Å². The Kier molecular flexibility index (Phi) is 5.90. The first-order valence-corrected chi connectivity index (χ1v) is 10.9. The predicted octanol–water partition coefficient (Wildman–Crippen LogP) is 4.74. The Morgan fingerprint density at radius 2 is 2.00 bits per heavy atom. The van der Waals surface area contributed by atoms with Gasteiger partial charge in [-0.25, -0.2) is 4.98 Å². The number of methoxy groups -OCH3 is 1. The Morgan fingerprint density at radius 3 is 2.77 bits per heavy atom. The molecule has 8 heteroatoms. The second-order valence-corrected chi connectivity index (χ2v) is 8.30. The molecule has 1 aliphatic rings. The SMILES string of the molecule is COc1cc(C(=O)Nc2nc(-c3ccc4c(c3)CCC(=O)N4)cs2)ccc1OC(C)C. The molecule has 31 heavy (non-hydrogen) atoms. The first-order chi connectivity index (χ1) is 14.9. The predicted molar refractivity (Wildman–Crippen MR) is 121 cm³/mol. The number of nitrogens with one attached hydrogen (secondary N) is 2. The maximum atomic E-state index is 12.7. The van der Waals surface area contributed by atoms with E-state index in [2.05, 4.69) is 15.6 Å². The van der Waals surface area contributed by atoms with Crippen molar-refractivity contribution in [3.8, 4) is 22.8 Å². The maximum absolute atomic E-state index is 12.7. The molecule has 1 aromatic heterocycles. The quantitative estimate of drug-likeness (QED) is 0.581. The molecule has 0 radical (unpaired) electrons. The first kappa shape index (κ1) is 20.9. The molecular weight excluding hydrogens is 414 g/mol. The van der Waals surface area contributed by atoms with Crippen molar-refractivity contribution in [2.45, 2.75) is 32.8 Å². The number of anilines is 2. The van der Waals surface area contributed by atoms with Gasteiger partial charge in [-0.3, -0.25) is 14.9 Å². The van der Waals surface area contributed by atoms with E-state index in [1.807, 2.05) is 37.4 Å². The van der Waals surface area contributed by atoms with Gasteiger partial charge in [-0.15, -0.1) is 11.3 Å². The molecule has 0 spiro atoms. The minimum Gasteiger partial charge on any atom is -0.493 e. The zero-order chi connectivity index (χ0) is 22.0. The smallest absolute Gasteiger partial charge is 0.257 e. The van der Waals surface area contributed by atoms with Gasteiger partial charge in [0, 0.05) is 28.6 Å². The largest absolute Gasteiger partial charge is 0.493 e. The van der Waals surface area contributed by atoms with Gasteiger partial charge < -0.3 is 14.8 Å².